The summed E-state index contributed by atoms with van der Waals surface area (Å²) >= 11 is 0. The first kappa shape index (κ1) is 25.8. The van der Waals surface area contributed by atoms with Crippen molar-refractivity contribution in [2.45, 2.75) is 0 Å². The van der Waals surface area contributed by atoms with Crippen molar-refractivity contribution in [3.05, 3.63) is 182 Å². The van der Waals surface area contributed by atoms with Crippen molar-refractivity contribution in [1.82, 2.24) is 4.57 Å². The van der Waals surface area contributed by atoms with Crippen LogP contribution in [0.1, 0.15) is 0 Å². The summed E-state index contributed by atoms with van der Waals surface area (Å²) in [5.41, 5.74) is 11.8. The Kier molecular flexibility index (Phi) is 6.51. The summed E-state index contributed by atoms with van der Waals surface area (Å²) < 4.78 is 2.41. The van der Waals surface area contributed by atoms with Crippen LogP contribution in [0.3, 0.4) is 0 Å². The molecule has 0 aliphatic carbocycles. The van der Waals surface area contributed by atoms with E-state index >= 15 is 0 Å². The molecule has 0 amide bonds. The minimum absolute atomic E-state index is 1.11. The first-order chi connectivity index (χ1) is 21.9. The van der Waals surface area contributed by atoms with Crippen molar-refractivity contribution in [2.75, 3.05) is 4.90 Å². The molecule has 44 heavy (non-hydrogen) atoms. The molecule has 1 aromatic heterocycles. The summed E-state index contributed by atoms with van der Waals surface area (Å²) in [7, 11) is 0. The molecule has 208 valence electrons. The second-order valence-corrected chi connectivity index (χ2v) is 11.0. The van der Waals surface area contributed by atoms with Gasteiger partial charge in [-0.25, -0.2) is 0 Å². The standard InChI is InChI=1S/C42H30N2/c1-5-16-31(17-6-1)36-24-13-14-25-37(36)38-26-15-27-40-42(38)39-29-28-35(30-41(39)44(40)34-22-11-4-12-23-34)43(32-18-7-2-8-19-32)33-20-9-3-10-21-33/h1-30H. The smallest absolute Gasteiger partial charge is 0.0562 e. The van der Waals surface area contributed by atoms with Gasteiger partial charge in [-0.2, -0.15) is 0 Å². The lowest BCUT2D eigenvalue weighted by Gasteiger charge is -2.25. The average Bonchev–Trinajstić information content (AvgIpc) is 3.44. The van der Waals surface area contributed by atoms with Gasteiger partial charge in [0.25, 0.3) is 0 Å². The molecule has 0 bridgehead atoms. The molecule has 0 unspecified atom stereocenters. The molecule has 0 N–H and O–H groups in total. The van der Waals surface area contributed by atoms with Gasteiger partial charge in [-0.3, -0.25) is 0 Å². The van der Waals surface area contributed by atoms with Crippen LogP contribution in [-0.2, 0) is 0 Å². The van der Waals surface area contributed by atoms with Crippen LogP contribution in [0.4, 0.5) is 17.1 Å². The average molecular weight is 563 g/mol. The molecule has 0 atom stereocenters. The number of anilines is 3. The van der Waals surface area contributed by atoms with Crippen molar-refractivity contribution >= 4 is 38.9 Å². The van der Waals surface area contributed by atoms with E-state index in [-0.39, 0.29) is 0 Å². The Hall–Kier alpha value is -5.86. The summed E-state index contributed by atoms with van der Waals surface area (Å²) in [4.78, 5) is 2.33. The SMILES string of the molecule is c1ccc(-c2ccccc2-c2cccc3c2c2ccc(N(c4ccccc4)c4ccccc4)cc2n3-c2ccccc2)cc1. The van der Waals surface area contributed by atoms with Gasteiger partial charge in [0.05, 0.1) is 11.0 Å². The zero-order valence-electron chi connectivity index (χ0n) is 24.2. The zero-order valence-corrected chi connectivity index (χ0v) is 24.2. The molecule has 0 spiro atoms. The Morgan fingerprint density at radius 1 is 0.364 bits per heavy atom. The highest BCUT2D eigenvalue weighted by molar-refractivity contribution is 6.17. The number of rotatable bonds is 6. The number of benzene rings is 7. The van der Waals surface area contributed by atoms with Crippen LogP contribution >= 0.6 is 0 Å². The van der Waals surface area contributed by atoms with E-state index in [9.17, 15) is 0 Å². The number of nitrogens with zero attached hydrogens (tertiary/aromatic N) is 2. The van der Waals surface area contributed by atoms with Crippen LogP contribution in [0.15, 0.2) is 182 Å². The van der Waals surface area contributed by atoms with E-state index in [2.05, 4.69) is 191 Å². The van der Waals surface area contributed by atoms with E-state index in [1.54, 1.807) is 0 Å². The van der Waals surface area contributed by atoms with E-state index in [1.807, 2.05) is 0 Å². The Balaban J connectivity index is 1.43. The third kappa shape index (κ3) is 4.45. The normalized spacial score (nSPS) is 11.2. The quantitative estimate of drug-likeness (QED) is 0.196. The molecular formula is C42H30N2. The predicted molar refractivity (Wildman–Crippen MR) is 186 cm³/mol. The monoisotopic (exact) mass is 562 g/mol. The van der Waals surface area contributed by atoms with Crippen molar-refractivity contribution < 1.29 is 0 Å². The van der Waals surface area contributed by atoms with Crippen LogP contribution in [0, 0.1) is 0 Å². The highest BCUT2D eigenvalue weighted by Gasteiger charge is 2.20. The number of hydrogen-bond donors (Lipinski definition) is 0. The summed E-state index contributed by atoms with van der Waals surface area (Å²) in [6.07, 6.45) is 0. The third-order valence-electron chi connectivity index (χ3n) is 8.38. The van der Waals surface area contributed by atoms with Gasteiger partial charge >= 0.3 is 0 Å². The molecule has 8 aromatic rings. The van der Waals surface area contributed by atoms with E-state index in [1.165, 1.54) is 44.1 Å². The Labute approximate surface area is 257 Å². The largest absolute Gasteiger partial charge is 0.310 e. The molecule has 0 aliphatic rings. The topological polar surface area (TPSA) is 8.17 Å². The van der Waals surface area contributed by atoms with Gasteiger partial charge in [0.15, 0.2) is 0 Å². The fourth-order valence-corrected chi connectivity index (χ4v) is 6.46. The predicted octanol–water partition coefficient (Wildman–Crippen LogP) is 11.6. The highest BCUT2D eigenvalue weighted by Crippen LogP contribution is 2.44. The van der Waals surface area contributed by atoms with Crippen LogP contribution in [0.5, 0.6) is 0 Å². The van der Waals surface area contributed by atoms with Crippen LogP contribution in [0.2, 0.25) is 0 Å². The zero-order chi connectivity index (χ0) is 29.3. The Bertz CT molecular complexity index is 2160. The number of fused-ring (bicyclic) bond motifs is 3. The van der Waals surface area contributed by atoms with Gasteiger partial charge in [-0.15, -0.1) is 0 Å². The van der Waals surface area contributed by atoms with E-state index < -0.39 is 0 Å². The Morgan fingerprint density at radius 2 is 0.909 bits per heavy atom. The first-order valence-corrected chi connectivity index (χ1v) is 15.0. The molecule has 0 radical (unpaired) electrons. The van der Waals surface area contributed by atoms with Crippen LogP contribution in [-0.4, -0.2) is 4.57 Å². The Morgan fingerprint density at radius 3 is 1.57 bits per heavy atom. The maximum atomic E-state index is 2.41. The second kappa shape index (κ2) is 11.1. The summed E-state index contributed by atoms with van der Waals surface area (Å²) in [5, 5.41) is 2.49. The van der Waals surface area contributed by atoms with Crippen molar-refractivity contribution in [2.24, 2.45) is 0 Å². The highest BCUT2D eigenvalue weighted by atomic mass is 15.1. The van der Waals surface area contributed by atoms with Gasteiger partial charge in [0.2, 0.25) is 0 Å². The molecule has 0 fully saturated rings. The van der Waals surface area contributed by atoms with Crippen molar-refractivity contribution in [1.29, 1.82) is 0 Å². The summed E-state index contributed by atoms with van der Waals surface area (Å²) in [6.45, 7) is 0. The summed E-state index contributed by atoms with van der Waals surface area (Å²) in [5.74, 6) is 0. The van der Waals surface area contributed by atoms with Gasteiger partial charge in [-0.1, -0.05) is 127 Å². The maximum absolute atomic E-state index is 2.41. The minimum atomic E-state index is 1.11. The van der Waals surface area contributed by atoms with Crippen LogP contribution < -0.4 is 4.90 Å². The minimum Gasteiger partial charge on any atom is -0.310 e. The molecule has 0 saturated heterocycles. The van der Waals surface area contributed by atoms with Crippen LogP contribution in [0.25, 0.3) is 49.7 Å². The molecule has 2 nitrogen and oxygen atoms in total. The fourth-order valence-electron chi connectivity index (χ4n) is 6.46. The van der Waals surface area contributed by atoms with E-state index in [0.717, 1.165) is 22.7 Å². The maximum Gasteiger partial charge on any atom is 0.0562 e. The summed E-state index contributed by atoms with van der Waals surface area (Å²) in [6, 6.07) is 65.0. The second-order valence-electron chi connectivity index (χ2n) is 11.0. The van der Waals surface area contributed by atoms with Gasteiger partial charge in [-0.05, 0) is 76.9 Å². The third-order valence-corrected chi connectivity index (χ3v) is 8.38. The lowest BCUT2D eigenvalue weighted by molar-refractivity contribution is 1.18. The van der Waals surface area contributed by atoms with Crippen molar-refractivity contribution in [3.63, 3.8) is 0 Å². The van der Waals surface area contributed by atoms with Gasteiger partial charge in [0.1, 0.15) is 0 Å². The molecule has 2 heteroatoms. The number of para-hydroxylation sites is 3. The lowest BCUT2D eigenvalue weighted by atomic mass is 9.92. The number of hydrogen-bond acceptors (Lipinski definition) is 1. The molecule has 1 heterocycles. The van der Waals surface area contributed by atoms with E-state index in [0.29, 0.717) is 0 Å². The van der Waals surface area contributed by atoms with E-state index in [4.69, 9.17) is 0 Å². The molecule has 8 rings (SSSR count). The molecule has 0 saturated carbocycles. The van der Waals surface area contributed by atoms with Gasteiger partial charge < -0.3 is 9.47 Å². The molecular weight excluding hydrogens is 532 g/mol. The first-order valence-electron chi connectivity index (χ1n) is 15.0. The number of aromatic nitrogens is 1. The van der Waals surface area contributed by atoms with Crippen molar-refractivity contribution in [3.8, 4) is 27.9 Å². The van der Waals surface area contributed by atoms with Gasteiger partial charge in [0, 0.05) is 33.5 Å². The molecule has 0 aliphatic heterocycles. The lowest BCUT2D eigenvalue weighted by Crippen LogP contribution is -2.09. The molecule has 7 aromatic carbocycles. The fraction of sp³-hybridized carbons (Fsp3) is 0.